The maximum Gasteiger partial charge on any atom is 0.211 e. The number of para-hydroxylation sites is 2. The van der Waals surface area contributed by atoms with Gasteiger partial charge in [-0.15, -0.1) is 11.3 Å². The molecular formula is C25H20BrClN2O4S2. The Hall–Kier alpha value is -2.85. The highest BCUT2D eigenvalue weighted by molar-refractivity contribution is 9.10. The number of hydrogen-bond acceptors (Lipinski definition) is 7. The van der Waals surface area contributed by atoms with Crippen molar-refractivity contribution in [3.63, 3.8) is 0 Å². The normalized spacial score (nSPS) is 11.3. The van der Waals surface area contributed by atoms with E-state index in [0.717, 1.165) is 15.8 Å². The first-order valence-electron chi connectivity index (χ1n) is 10.4. The van der Waals surface area contributed by atoms with Crippen LogP contribution in [-0.4, -0.2) is 20.8 Å². The van der Waals surface area contributed by atoms with Gasteiger partial charge in [-0.3, -0.25) is 4.79 Å². The van der Waals surface area contributed by atoms with Crippen LogP contribution < -0.4 is 15.8 Å². The molecule has 0 saturated carbocycles. The Morgan fingerprint density at radius 2 is 1.71 bits per heavy atom. The van der Waals surface area contributed by atoms with E-state index in [0.29, 0.717) is 28.6 Å². The van der Waals surface area contributed by atoms with Crippen LogP contribution in [0, 0.1) is 0 Å². The zero-order valence-electron chi connectivity index (χ0n) is 18.4. The number of nitrogen functional groups attached to an aromatic ring is 1. The quantitative estimate of drug-likeness (QED) is 0.215. The molecule has 3 aromatic carbocycles. The van der Waals surface area contributed by atoms with Crippen molar-refractivity contribution in [1.29, 1.82) is 0 Å². The maximum atomic E-state index is 13.7. The van der Waals surface area contributed by atoms with Gasteiger partial charge in [0.1, 0.15) is 20.5 Å². The molecule has 0 aliphatic carbocycles. The fraction of sp³-hybridized carbons (Fsp3) is 0.0800. The molecule has 1 aromatic heterocycles. The molecule has 0 aliphatic heterocycles. The summed E-state index contributed by atoms with van der Waals surface area (Å²) in [6, 6.07) is 19.7. The Labute approximate surface area is 220 Å². The number of ether oxygens (including phenoxy) is 1. The number of carbonyl (C=O) groups is 1. The maximum absolute atomic E-state index is 13.7. The van der Waals surface area contributed by atoms with Crippen molar-refractivity contribution < 1.29 is 17.9 Å². The predicted octanol–water partition coefficient (Wildman–Crippen LogP) is 6.95. The molecule has 0 spiro atoms. The molecule has 35 heavy (non-hydrogen) atoms. The number of benzene rings is 3. The molecule has 0 aliphatic rings. The van der Waals surface area contributed by atoms with E-state index < -0.39 is 15.6 Å². The minimum atomic E-state index is -4.08. The van der Waals surface area contributed by atoms with E-state index in [1.807, 2.05) is 13.0 Å². The van der Waals surface area contributed by atoms with E-state index in [1.165, 1.54) is 12.1 Å². The molecule has 0 saturated heterocycles. The summed E-state index contributed by atoms with van der Waals surface area (Å²) in [4.78, 5) is 13.3. The number of anilines is 3. The monoisotopic (exact) mass is 590 g/mol. The number of sulfone groups is 1. The smallest absolute Gasteiger partial charge is 0.211 e. The summed E-state index contributed by atoms with van der Waals surface area (Å²) in [5.41, 5.74) is 7.16. The highest BCUT2D eigenvalue weighted by atomic mass is 79.9. The highest BCUT2D eigenvalue weighted by Crippen LogP contribution is 2.45. The third-order valence-corrected chi connectivity index (χ3v) is 8.92. The summed E-state index contributed by atoms with van der Waals surface area (Å²) in [6.45, 7) is 2.28. The van der Waals surface area contributed by atoms with Crippen LogP contribution in [0.3, 0.4) is 0 Å². The van der Waals surface area contributed by atoms with Gasteiger partial charge < -0.3 is 15.8 Å². The predicted molar refractivity (Wildman–Crippen MR) is 144 cm³/mol. The summed E-state index contributed by atoms with van der Waals surface area (Å²) in [6.07, 6.45) is 0. The summed E-state index contributed by atoms with van der Waals surface area (Å²) in [5, 5.41) is 3.84. The SMILES string of the molecule is CCOc1ccccc1Nc1sc(C(=O)c2ccc(Cl)cc2)c(N)c1S(=O)(=O)c1ccc(Br)cc1. The van der Waals surface area contributed by atoms with Crippen molar-refractivity contribution in [3.05, 3.63) is 92.7 Å². The van der Waals surface area contributed by atoms with E-state index >= 15 is 0 Å². The number of nitrogens with one attached hydrogen (secondary N) is 1. The van der Waals surface area contributed by atoms with Crippen LogP contribution in [0.2, 0.25) is 5.02 Å². The average molecular weight is 592 g/mol. The van der Waals surface area contributed by atoms with Crippen LogP contribution in [0.25, 0.3) is 0 Å². The molecule has 4 aromatic rings. The van der Waals surface area contributed by atoms with Gasteiger partial charge in [-0.1, -0.05) is 39.7 Å². The third kappa shape index (κ3) is 5.23. The van der Waals surface area contributed by atoms with E-state index in [4.69, 9.17) is 22.1 Å². The Bertz CT molecular complexity index is 1490. The number of hydrogen-bond donors (Lipinski definition) is 2. The topological polar surface area (TPSA) is 98.5 Å². The Morgan fingerprint density at radius 3 is 2.37 bits per heavy atom. The number of ketones is 1. The van der Waals surface area contributed by atoms with Crippen molar-refractivity contribution in [2.45, 2.75) is 16.7 Å². The minimum absolute atomic E-state index is 0.0526. The van der Waals surface area contributed by atoms with Crippen LogP contribution >= 0.6 is 38.9 Å². The average Bonchev–Trinajstić information content (AvgIpc) is 3.17. The number of carbonyl (C=O) groups excluding carboxylic acids is 1. The molecule has 3 N–H and O–H groups in total. The van der Waals surface area contributed by atoms with Gasteiger partial charge >= 0.3 is 0 Å². The molecule has 0 fully saturated rings. The second kappa shape index (κ2) is 10.4. The lowest BCUT2D eigenvalue weighted by atomic mass is 10.1. The first-order valence-corrected chi connectivity index (χ1v) is 13.9. The first-order chi connectivity index (χ1) is 16.7. The molecule has 6 nitrogen and oxygen atoms in total. The van der Waals surface area contributed by atoms with Crippen LogP contribution in [0.15, 0.2) is 87.1 Å². The Morgan fingerprint density at radius 1 is 1.06 bits per heavy atom. The van der Waals surface area contributed by atoms with E-state index in [2.05, 4.69) is 21.2 Å². The molecular weight excluding hydrogens is 572 g/mol. The lowest BCUT2D eigenvalue weighted by molar-refractivity contribution is 0.104. The minimum Gasteiger partial charge on any atom is -0.492 e. The number of thiophene rings is 1. The Balaban J connectivity index is 1.89. The van der Waals surface area contributed by atoms with Gasteiger partial charge in [0.2, 0.25) is 15.6 Å². The number of nitrogens with two attached hydrogens (primary N) is 1. The van der Waals surface area contributed by atoms with Crippen molar-refractivity contribution >= 4 is 70.9 Å². The first kappa shape index (κ1) is 25.2. The molecule has 0 atom stereocenters. The molecule has 180 valence electrons. The highest BCUT2D eigenvalue weighted by Gasteiger charge is 2.32. The summed E-state index contributed by atoms with van der Waals surface area (Å²) >= 11 is 10.3. The summed E-state index contributed by atoms with van der Waals surface area (Å²) in [7, 11) is -4.08. The largest absolute Gasteiger partial charge is 0.492 e. The van der Waals surface area contributed by atoms with Gasteiger partial charge in [-0.2, -0.15) is 0 Å². The van der Waals surface area contributed by atoms with E-state index in [9.17, 15) is 13.2 Å². The van der Waals surface area contributed by atoms with E-state index in [1.54, 1.807) is 54.6 Å². The molecule has 0 radical (unpaired) electrons. The molecule has 1 heterocycles. The molecule has 0 bridgehead atoms. The zero-order chi connectivity index (χ0) is 25.2. The summed E-state index contributed by atoms with van der Waals surface area (Å²) in [5.74, 6) is 0.141. The van der Waals surface area contributed by atoms with Gasteiger partial charge in [0, 0.05) is 15.1 Å². The molecule has 0 unspecified atom stereocenters. The van der Waals surface area contributed by atoms with Gasteiger partial charge in [-0.25, -0.2) is 8.42 Å². The number of halogens is 2. The lowest BCUT2D eigenvalue weighted by Gasteiger charge is -2.13. The second-order valence-electron chi connectivity index (χ2n) is 7.35. The summed E-state index contributed by atoms with van der Waals surface area (Å²) < 4.78 is 33.8. The second-order valence-corrected chi connectivity index (χ2v) is 11.6. The zero-order valence-corrected chi connectivity index (χ0v) is 22.4. The standard InChI is InChI=1S/C25H20BrClN2O4S2/c1-2-33-20-6-4-3-5-19(20)29-25-24(35(31,32)18-13-9-16(26)10-14-18)21(28)23(34-25)22(30)15-7-11-17(27)12-8-15/h3-14,29H,2,28H2,1H3. The van der Waals surface area contributed by atoms with Crippen molar-refractivity contribution in [2.75, 3.05) is 17.7 Å². The molecule has 10 heteroatoms. The van der Waals surface area contributed by atoms with E-state index in [-0.39, 0.29) is 25.4 Å². The lowest BCUT2D eigenvalue weighted by Crippen LogP contribution is -2.08. The molecule has 4 rings (SSSR count). The van der Waals surface area contributed by atoms with Crippen molar-refractivity contribution in [2.24, 2.45) is 0 Å². The van der Waals surface area contributed by atoms with Crippen LogP contribution in [-0.2, 0) is 9.84 Å². The number of rotatable bonds is 8. The Kier molecular flexibility index (Phi) is 7.51. The molecule has 0 amide bonds. The van der Waals surface area contributed by atoms with Gasteiger partial charge in [0.25, 0.3) is 0 Å². The van der Waals surface area contributed by atoms with Crippen molar-refractivity contribution in [3.8, 4) is 5.75 Å². The van der Waals surface area contributed by atoms with Gasteiger partial charge in [-0.05, 0) is 67.6 Å². The van der Waals surface area contributed by atoms with Gasteiger partial charge in [0.15, 0.2) is 0 Å². The fourth-order valence-electron chi connectivity index (χ4n) is 3.38. The third-order valence-electron chi connectivity index (χ3n) is 5.04. The van der Waals surface area contributed by atoms with Crippen LogP contribution in [0.5, 0.6) is 5.75 Å². The van der Waals surface area contributed by atoms with Gasteiger partial charge in [0.05, 0.1) is 22.9 Å². The fourth-order valence-corrected chi connectivity index (χ4v) is 6.70. The van der Waals surface area contributed by atoms with Crippen molar-refractivity contribution in [1.82, 2.24) is 0 Å². The van der Waals surface area contributed by atoms with Crippen LogP contribution in [0.1, 0.15) is 22.2 Å². The van der Waals surface area contributed by atoms with Crippen LogP contribution in [0.4, 0.5) is 16.4 Å².